The Morgan fingerprint density at radius 1 is 1.10 bits per heavy atom. The summed E-state index contributed by atoms with van der Waals surface area (Å²) in [6, 6.07) is 7.37. The van der Waals surface area contributed by atoms with E-state index in [1.165, 1.54) is 31.2 Å². The van der Waals surface area contributed by atoms with Gasteiger partial charge in [-0.3, -0.25) is 4.72 Å². The molecule has 0 aliphatic carbocycles. The molecule has 0 saturated heterocycles. The molecule has 0 heterocycles. The second kappa shape index (κ2) is 5.37. The van der Waals surface area contributed by atoms with Crippen molar-refractivity contribution in [2.45, 2.75) is 25.7 Å². The lowest BCUT2D eigenvalue weighted by atomic mass is 10.1. The number of nitrogens with two attached hydrogens (primary N) is 1. The Morgan fingerprint density at radius 2 is 1.76 bits per heavy atom. The number of hydrogen-bond acceptors (Lipinski definition) is 3. The topological polar surface area (TPSA) is 72.2 Å². The summed E-state index contributed by atoms with van der Waals surface area (Å²) in [5.41, 5.74) is 7.96. The van der Waals surface area contributed by atoms with E-state index < -0.39 is 15.8 Å². The second-order valence-corrected chi connectivity index (χ2v) is 6.63. The van der Waals surface area contributed by atoms with Gasteiger partial charge in [0.25, 0.3) is 10.0 Å². The third-order valence-electron chi connectivity index (χ3n) is 3.44. The van der Waals surface area contributed by atoms with E-state index in [1.54, 1.807) is 19.9 Å². The van der Waals surface area contributed by atoms with Crippen molar-refractivity contribution in [3.05, 3.63) is 52.8 Å². The van der Waals surface area contributed by atoms with Crippen LogP contribution in [-0.2, 0) is 10.0 Å². The Bertz CT molecular complexity index is 802. The summed E-state index contributed by atoms with van der Waals surface area (Å²) in [6.07, 6.45) is 0. The van der Waals surface area contributed by atoms with Gasteiger partial charge in [0.15, 0.2) is 0 Å². The van der Waals surface area contributed by atoms with Gasteiger partial charge in [-0.25, -0.2) is 12.8 Å². The highest BCUT2D eigenvalue weighted by Crippen LogP contribution is 2.26. The molecule has 3 N–H and O–H groups in total. The molecule has 0 aliphatic rings. The van der Waals surface area contributed by atoms with Crippen molar-refractivity contribution in [3.8, 4) is 0 Å². The van der Waals surface area contributed by atoms with Gasteiger partial charge in [-0.2, -0.15) is 0 Å². The molecule has 0 fully saturated rings. The molecule has 0 saturated carbocycles. The first kappa shape index (κ1) is 15.3. The maximum absolute atomic E-state index is 13.5. The minimum Gasteiger partial charge on any atom is -0.399 e. The predicted octanol–water partition coefficient (Wildman–Crippen LogP) is 3.13. The molecule has 0 unspecified atom stereocenters. The van der Waals surface area contributed by atoms with Crippen LogP contribution in [0.3, 0.4) is 0 Å². The summed E-state index contributed by atoms with van der Waals surface area (Å²) < 4.78 is 40.9. The number of sulfonamides is 1. The summed E-state index contributed by atoms with van der Waals surface area (Å²) in [4.78, 5) is 0.101. The maximum atomic E-state index is 13.5. The monoisotopic (exact) mass is 308 g/mol. The van der Waals surface area contributed by atoms with Gasteiger partial charge in [-0.05, 0) is 56.2 Å². The molecular formula is C15H17FN2O2S. The first-order valence-electron chi connectivity index (χ1n) is 6.37. The number of nitrogens with one attached hydrogen (secondary N) is 1. The summed E-state index contributed by atoms with van der Waals surface area (Å²) in [7, 11) is -3.82. The van der Waals surface area contributed by atoms with Crippen LogP contribution in [0.5, 0.6) is 0 Å². The first-order chi connectivity index (χ1) is 9.72. The average molecular weight is 308 g/mol. The SMILES string of the molecule is Cc1cc(N)cc(S(=O)(=O)Nc2cccc(F)c2C)c1C. The lowest BCUT2D eigenvalue weighted by Crippen LogP contribution is -2.16. The molecule has 6 heteroatoms. The molecule has 21 heavy (non-hydrogen) atoms. The van der Waals surface area contributed by atoms with Crippen molar-refractivity contribution in [3.63, 3.8) is 0 Å². The van der Waals surface area contributed by atoms with Crippen LogP contribution in [0.25, 0.3) is 0 Å². The fourth-order valence-electron chi connectivity index (χ4n) is 2.05. The van der Waals surface area contributed by atoms with E-state index in [0.29, 0.717) is 11.3 Å². The van der Waals surface area contributed by atoms with Crippen LogP contribution in [0.2, 0.25) is 0 Å². The molecule has 4 nitrogen and oxygen atoms in total. The van der Waals surface area contributed by atoms with Crippen molar-refractivity contribution < 1.29 is 12.8 Å². The second-order valence-electron chi connectivity index (χ2n) is 4.98. The highest BCUT2D eigenvalue weighted by molar-refractivity contribution is 7.92. The lowest BCUT2D eigenvalue weighted by molar-refractivity contribution is 0.600. The van der Waals surface area contributed by atoms with E-state index in [9.17, 15) is 12.8 Å². The number of benzene rings is 2. The normalized spacial score (nSPS) is 11.4. The Hall–Kier alpha value is -2.08. The highest BCUT2D eigenvalue weighted by Gasteiger charge is 2.20. The molecule has 2 rings (SSSR count). The minimum atomic E-state index is -3.82. The molecule has 0 amide bonds. The molecule has 2 aromatic carbocycles. The third kappa shape index (κ3) is 3.00. The number of hydrogen-bond donors (Lipinski definition) is 2. The molecule has 112 valence electrons. The highest BCUT2D eigenvalue weighted by atomic mass is 32.2. The Balaban J connectivity index is 2.51. The molecule has 0 bridgehead atoms. The van der Waals surface area contributed by atoms with E-state index in [1.807, 2.05) is 0 Å². The van der Waals surface area contributed by atoms with Gasteiger partial charge in [-0.1, -0.05) is 6.07 Å². The number of aryl methyl sites for hydroxylation is 1. The largest absolute Gasteiger partial charge is 0.399 e. The lowest BCUT2D eigenvalue weighted by Gasteiger charge is -2.14. The summed E-state index contributed by atoms with van der Waals surface area (Å²) in [6.45, 7) is 5.02. The summed E-state index contributed by atoms with van der Waals surface area (Å²) in [5, 5.41) is 0. The van der Waals surface area contributed by atoms with Gasteiger partial charge in [0, 0.05) is 11.3 Å². The van der Waals surface area contributed by atoms with Crippen molar-refractivity contribution in [1.29, 1.82) is 0 Å². The summed E-state index contributed by atoms with van der Waals surface area (Å²) in [5.74, 6) is -0.462. The number of halogens is 1. The predicted molar refractivity (Wildman–Crippen MR) is 82.3 cm³/mol. The standard InChI is InChI=1S/C15H17FN2O2S/c1-9-7-12(17)8-15(10(9)2)21(19,20)18-14-6-4-5-13(16)11(14)3/h4-8,18H,17H2,1-3H3. The van der Waals surface area contributed by atoms with Crippen molar-refractivity contribution >= 4 is 21.4 Å². The summed E-state index contributed by atoms with van der Waals surface area (Å²) >= 11 is 0. The van der Waals surface area contributed by atoms with Crippen LogP contribution in [0.4, 0.5) is 15.8 Å². The van der Waals surface area contributed by atoms with Gasteiger partial charge in [-0.15, -0.1) is 0 Å². The Kier molecular flexibility index (Phi) is 3.91. The molecule has 0 aliphatic heterocycles. The minimum absolute atomic E-state index is 0.101. The molecule has 0 atom stereocenters. The van der Waals surface area contributed by atoms with Crippen LogP contribution in [0.1, 0.15) is 16.7 Å². The van der Waals surface area contributed by atoms with Gasteiger partial charge in [0.2, 0.25) is 0 Å². The van der Waals surface area contributed by atoms with Crippen molar-refractivity contribution in [1.82, 2.24) is 0 Å². The van der Waals surface area contributed by atoms with Crippen LogP contribution in [-0.4, -0.2) is 8.42 Å². The van der Waals surface area contributed by atoms with Crippen LogP contribution in [0.15, 0.2) is 35.2 Å². The van der Waals surface area contributed by atoms with E-state index in [2.05, 4.69) is 4.72 Å². The fraction of sp³-hybridized carbons (Fsp3) is 0.200. The maximum Gasteiger partial charge on any atom is 0.262 e. The van der Waals surface area contributed by atoms with Crippen molar-refractivity contribution in [2.75, 3.05) is 10.5 Å². The zero-order valence-corrected chi connectivity index (χ0v) is 12.9. The van der Waals surface area contributed by atoms with Crippen LogP contribution >= 0.6 is 0 Å². The molecule has 0 radical (unpaired) electrons. The van der Waals surface area contributed by atoms with Crippen LogP contribution < -0.4 is 10.5 Å². The van der Waals surface area contributed by atoms with Gasteiger partial charge >= 0.3 is 0 Å². The van der Waals surface area contributed by atoms with E-state index >= 15 is 0 Å². The number of anilines is 2. The van der Waals surface area contributed by atoms with Gasteiger partial charge in [0.05, 0.1) is 10.6 Å². The average Bonchev–Trinajstić information content (AvgIpc) is 2.39. The van der Waals surface area contributed by atoms with Gasteiger partial charge in [0.1, 0.15) is 5.82 Å². The fourth-order valence-corrected chi connectivity index (χ4v) is 3.53. The molecular weight excluding hydrogens is 291 g/mol. The molecule has 2 aromatic rings. The van der Waals surface area contributed by atoms with Crippen LogP contribution in [0, 0.1) is 26.6 Å². The Labute approximate surface area is 123 Å². The van der Waals surface area contributed by atoms with E-state index in [0.717, 1.165) is 5.56 Å². The Morgan fingerprint density at radius 3 is 2.43 bits per heavy atom. The number of rotatable bonds is 3. The van der Waals surface area contributed by atoms with E-state index in [4.69, 9.17) is 5.73 Å². The third-order valence-corrected chi connectivity index (χ3v) is 4.94. The number of nitrogen functional groups attached to an aromatic ring is 1. The van der Waals surface area contributed by atoms with Crippen molar-refractivity contribution in [2.24, 2.45) is 0 Å². The van der Waals surface area contributed by atoms with Gasteiger partial charge < -0.3 is 5.73 Å². The quantitative estimate of drug-likeness (QED) is 0.856. The molecule has 0 spiro atoms. The smallest absolute Gasteiger partial charge is 0.262 e. The zero-order valence-electron chi connectivity index (χ0n) is 12.1. The zero-order chi connectivity index (χ0) is 15.8. The molecule has 0 aromatic heterocycles. The first-order valence-corrected chi connectivity index (χ1v) is 7.85. The van der Waals surface area contributed by atoms with E-state index in [-0.39, 0.29) is 16.1 Å².